The SMILES string of the molecule is CCC(N=NC(CC)C(=O)NC(CO)(CO)CO)C(=O)NC(CO)(CO)CO. The average Bonchev–Trinajstić information content (AvgIpc) is 2.73. The van der Waals surface area contributed by atoms with Crippen molar-refractivity contribution < 1.29 is 40.2 Å². The summed E-state index contributed by atoms with van der Waals surface area (Å²) in [5.41, 5.74) is -3.21. The van der Waals surface area contributed by atoms with Crippen LogP contribution in [0.5, 0.6) is 0 Å². The average molecular weight is 408 g/mol. The Morgan fingerprint density at radius 3 is 1.11 bits per heavy atom. The third-order valence-corrected chi connectivity index (χ3v) is 4.32. The van der Waals surface area contributed by atoms with E-state index in [1.54, 1.807) is 13.8 Å². The fourth-order valence-corrected chi connectivity index (χ4v) is 2.03. The first-order valence-corrected chi connectivity index (χ1v) is 8.95. The summed E-state index contributed by atoms with van der Waals surface area (Å²) in [6.45, 7) is -0.866. The van der Waals surface area contributed by atoms with Gasteiger partial charge in [-0.25, -0.2) is 0 Å². The number of aliphatic hydroxyl groups excluding tert-OH is 6. The van der Waals surface area contributed by atoms with Gasteiger partial charge in [0.05, 0.1) is 39.6 Å². The molecule has 0 saturated heterocycles. The minimum atomic E-state index is -1.61. The fourth-order valence-electron chi connectivity index (χ4n) is 2.03. The third-order valence-electron chi connectivity index (χ3n) is 4.32. The molecule has 0 rings (SSSR count). The maximum absolute atomic E-state index is 12.3. The van der Waals surface area contributed by atoms with Gasteiger partial charge in [-0.05, 0) is 12.8 Å². The lowest BCUT2D eigenvalue weighted by atomic mass is 10.0. The van der Waals surface area contributed by atoms with Gasteiger partial charge in [0.15, 0.2) is 0 Å². The van der Waals surface area contributed by atoms with E-state index in [9.17, 15) is 40.2 Å². The highest BCUT2D eigenvalue weighted by Crippen LogP contribution is 2.10. The second-order valence-electron chi connectivity index (χ2n) is 6.57. The molecule has 0 aliphatic rings. The summed E-state index contributed by atoms with van der Waals surface area (Å²) in [6.07, 6.45) is 0.388. The van der Waals surface area contributed by atoms with Gasteiger partial charge in [0.25, 0.3) is 0 Å². The second kappa shape index (κ2) is 12.7. The Morgan fingerprint density at radius 2 is 0.929 bits per heavy atom. The quantitative estimate of drug-likeness (QED) is 0.136. The van der Waals surface area contributed by atoms with Crippen molar-refractivity contribution in [1.29, 1.82) is 0 Å². The Kier molecular flexibility index (Phi) is 11.9. The van der Waals surface area contributed by atoms with Crippen molar-refractivity contribution in [3.63, 3.8) is 0 Å². The first kappa shape index (κ1) is 26.3. The Bertz CT molecular complexity index is 448. The Hall–Kier alpha value is -1.70. The molecule has 2 unspecified atom stereocenters. The van der Waals surface area contributed by atoms with E-state index < -0.39 is 74.6 Å². The van der Waals surface area contributed by atoms with E-state index in [2.05, 4.69) is 20.9 Å². The molecule has 8 N–H and O–H groups in total. The molecular weight excluding hydrogens is 376 g/mol. The highest BCUT2D eigenvalue weighted by molar-refractivity contribution is 5.83. The lowest BCUT2D eigenvalue weighted by molar-refractivity contribution is -0.128. The summed E-state index contributed by atoms with van der Waals surface area (Å²) in [5, 5.41) is 68.1. The number of amides is 2. The molecule has 0 radical (unpaired) electrons. The zero-order chi connectivity index (χ0) is 21.8. The number of aliphatic hydroxyl groups is 6. The smallest absolute Gasteiger partial charge is 0.247 e. The molecular formula is C16H32N4O8. The first-order chi connectivity index (χ1) is 13.3. The third kappa shape index (κ3) is 7.04. The van der Waals surface area contributed by atoms with Crippen molar-refractivity contribution in [3.05, 3.63) is 0 Å². The van der Waals surface area contributed by atoms with Crippen molar-refractivity contribution >= 4 is 11.8 Å². The molecule has 0 aliphatic heterocycles. The molecule has 164 valence electrons. The zero-order valence-electron chi connectivity index (χ0n) is 16.2. The fraction of sp³-hybridized carbons (Fsp3) is 0.875. The van der Waals surface area contributed by atoms with E-state index in [-0.39, 0.29) is 12.8 Å². The van der Waals surface area contributed by atoms with Crippen LogP contribution in [0.2, 0.25) is 0 Å². The number of nitrogens with one attached hydrogen (secondary N) is 2. The first-order valence-electron chi connectivity index (χ1n) is 8.95. The number of nitrogens with zero attached hydrogens (tertiary/aromatic N) is 2. The lowest BCUT2D eigenvalue weighted by Crippen LogP contribution is -2.59. The van der Waals surface area contributed by atoms with E-state index in [0.29, 0.717) is 0 Å². The van der Waals surface area contributed by atoms with Gasteiger partial charge in [-0.2, -0.15) is 10.2 Å². The summed E-state index contributed by atoms with van der Waals surface area (Å²) in [7, 11) is 0. The molecule has 0 aliphatic carbocycles. The Balaban J connectivity index is 5.24. The van der Waals surface area contributed by atoms with Crippen LogP contribution in [0.4, 0.5) is 0 Å². The van der Waals surface area contributed by atoms with Crippen LogP contribution >= 0.6 is 0 Å². The number of carbonyl (C=O) groups excluding carboxylic acids is 2. The summed E-state index contributed by atoms with van der Waals surface area (Å²) >= 11 is 0. The normalized spacial score (nSPS) is 14.7. The summed E-state index contributed by atoms with van der Waals surface area (Å²) in [4.78, 5) is 24.6. The van der Waals surface area contributed by atoms with Crippen molar-refractivity contribution in [3.8, 4) is 0 Å². The Labute approximate surface area is 163 Å². The van der Waals surface area contributed by atoms with Gasteiger partial charge in [0.2, 0.25) is 11.8 Å². The molecule has 0 aromatic carbocycles. The van der Waals surface area contributed by atoms with Gasteiger partial charge in [0, 0.05) is 0 Å². The van der Waals surface area contributed by atoms with Crippen molar-refractivity contribution in [2.45, 2.75) is 49.9 Å². The maximum Gasteiger partial charge on any atom is 0.247 e. The van der Waals surface area contributed by atoms with Gasteiger partial charge >= 0.3 is 0 Å². The van der Waals surface area contributed by atoms with Crippen LogP contribution in [0, 0.1) is 0 Å². The predicted molar refractivity (Wildman–Crippen MR) is 97.3 cm³/mol. The minimum Gasteiger partial charge on any atom is -0.394 e. The van der Waals surface area contributed by atoms with Crippen LogP contribution in [0.15, 0.2) is 10.2 Å². The second-order valence-corrected chi connectivity index (χ2v) is 6.57. The van der Waals surface area contributed by atoms with Gasteiger partial charge in [0.1, 0.15) is 23.2 Å². The maximum atomic E-state index is 12.3. The number of azo groups is 1. The van der Waals surface area contributed by atoms with E-state index >= 15 is 0 Å². The van der Waals surface area contributed by atoms with Crippen LogP contribution in [0.25, 0.3) is 0 Å². The van der Waals surface area contributed by atoms with Crippen LogP contribution in [0.3, 0.4) is 0 Å². The topological polar surface area (TPSA) is 204 Å². The van der Waals surface area contributed by atoms with E-state index in [0.717, 1.165) is 0 Å². The van der Waals surface area contributed by atoms with Gasteiger partial charge in [-0.15, -0.1) is 0 Å². The molecule has 0 bridgehead atoms. The summed E-state index contributed by atoms with van der Waals surface area (Å²) in [5.74, 6) is -1.40. The van der Waals surface area contributed by atoms with Gasteiger partial charge in [-0.1, -0.05) is 13.8 Å². The van der Waals surface area contributed by atoms with E-state index in [1.165, 1.54) is 0 Å². The van der Waals surface area contributed by atoms with Crippen LogP contribution in [-0.2, 0) is 9.59 Å². The van der Waals surface area contributed by atoms with Crippen LogP contribution < -0.4 is 10.6 Å². The minimum absolute atomic E-state index is 0.194. The molecule has 2 amide bonds. The molecule has 2 atom stereocenters. The van der Waals surface area contributed by atoms with Crippen molar-refractivity contribution in [1.82, 2.24) is 10.6 Å². The van der Waals surface area contributed by atoms with E-state index in [1.807, 2.05) is 0 Å². The molecule has 0 fully saturated rings. The van der Waals surface area contributed by atoms with Gasteiger partial charge in [-0.3, -0.25) is 9.59 Å². The summed E-state index contributed by atoms with van der Waals surface area (Å²) < 4.78 is 0. The highest BCUT2D eigenvalue weighted by Gasteiger charge is 2.34. The largest absolute Gasteiger partial charge is 0.394 e. The zero-order valence-corrected chi connectivity index (χ0v) is 16.2. The molecule has 0 aromatic heterocycles. The molecule has 12 nitrogen and oxygen atoms in total. The molecule has 12 heteroatoms. The van der Waals surface area contributed by atoms with Crippen LogP contribution in [0.1, 0.15) is 26.7 Å². The summed E-state index contributed by atoms with van der Waals surface area (Å²) in [6, 6.07) is -2.08. The molecule has 0 aromatic rings. The molecule has 28 heavy (non-hydrogen) atoms. The Morgan fingerprint density at radius 1 is 0.679 bits per heavy atom. The molecule has 0 saturated carbocycles. The highest BCUT2D eigenvalue weighted by atomic mass is 16.3. The van der Waals surface area contributed by atoms with Gasteiger partial charge < -0.3 is 41.3 Å². The number of hydrogen-bond acceptors (Lipinski definition) is 10. The predicted octanol–water partition coefficient (Wildman–Crippen LogP) is -3.34. The van der Waals surface area contributed by atoms with E-state index in [4.69, 9.17) is 0 Å². The van der Waals surface area contributed by atoms with Crippen molar-refractivity contribution in [2.75, 3.05) is 39.6 Å². The lowest BCUT2D eigenvalue weighted by Gasteiger charge is -2.30. The van der Waals surface area contributed by atoms with Crippen molar-refractivity contribution in [2.24, 2.45) is 10.2 Å². The molecule has 0 spiro atoms. The number of carbonyl (C=O) groups is 2. The molecule has 0 heterocycles. The standard InChI is InChI=1S/C16H32N4O8/c1-3-11(13(27)17-15(5-21,6-22)7-23)19-20-12(4-2)14(28)18-16(8-24,9-25)10-26/h11-12,21-26H,3-10H2,1-2H3,(H,17,27)(H,18,28). The monoisotopic (exact) mass is 408 g/mol. The van der Waals surface area contributed by atoms with Crippen LogP contribution in [-0.4, -0.2) is 105 Å². The number of hydrogen-bond donors (Lipinski definition) is 8. The number of rotatable bonds is 14.